The molecule has 84 valence electrons. The summed E-state index contributed by atoms with van der Waals surface area (Å²) in [5, 5.41) is 0. The Balaban J connectivity index is 2.65. The predicted octanol–water partition coefficient (Wildman–Crippen LogP) is 3.44. The molecule has 0 saturated heterocycles. The van der Waals surface area contributed by atoms with Gasteiger partial charge < -0.3 is 10.5 Å². The predicted molar refractivity (Wildman–Crippen MR) is 68.5 cm³/mol. The first kappa shape index (κ1) is 12.5. The normalized spacial score (nSPS) is 10.7. The average Bonchev–Trinajstić information content (AvgIpc) is 2.13. The van der Waals surface area contributed by atoms with Crippen LogP contribution in [0.3, 0.4) is 0 Å². The standard InChI is InChI=1S/C11H15FINO/c1-7(2)3-4-15-11-5-8(12)9(13)6-10(11)14/h5-7H,3-4,14H2,1-2H3. The molecule has 0 spiro atoms. The van der Waals surface area contributed by atoms with Crippen molar-refractivity contribution in [3.63, 3.8) is 0 Å². The molecule has 2 nitrogen and oxygen atoms in total. The number of hydrogen-bond acceptors (Lipinski definition) is 2. The molecule has 0 radical (unpaired) electrons. The zero-order chi connectivity index (χ0) is 11.4. The quantitative estimate of drug-likeness (QED) is 0.680. The number of hydrogen-bond donors (Lipinski definition) is 1. The van der Waals surface area contributed by atoms with Crippen molar-refractivity contribution in [2.75, 3.05) is 12.3 Å². The van der Waals surface area contributed by atoms with E-state index in [1.807, 2.05) is 22.6 Å². The minimum Gasteiger partial charge on any atom is -0.491 e. The van der Waals surface area contributed by atoms with E-state index < -0.39 is 0 Å². The van der Waals surface area contributed by atoms with E-state index >= 15 is 0 Å². The minimum atomic E-state index is -0.288. The van der Waals surface area contributed by atoms with Gasteiger partial charge in [-0.1, -0.05) is 13.8 Å². The van der Waals surface area contributed by atoms with Crippen molar-refractivity contribution in [2.24, 2.45) is 5.92 Å². The van der Waals surface area contributed by atoms with Gasteiger partial charge in [0.25, 0.3) is 0 Å². The molecular weight excluding hydrogens is 308 g/mol. The molecule has 0 saturated carbocycles. The number of rotatable bonds is 4. The van der Waals surface area contributed by atoms with E-state index in [1.165, 1.54) is 6.07 Å². The van der Waals surface area contributed by atoms with E-state index in [1.54, 1.807) is 6.07 Å². The van der Waals surface area contributed by atoms with E-state index in [4.69, 9.17) is 10.5 Å². The first-order chi connectivity index (χ1) is 7.00. The fourth-order valence-corrected chi connectivity index (χ4v) is 1.56. The number of halogens is 2. The van der Waals surface area contributed by atoms with Gasteiger partial charge in [-0.05, 0) is 41.0 Å². The van der Waals surface area contributed by atoms with Crippen molar-refractivity contribution in [1.29, 1.82) is 0 Å². The van der Waals surface area contributed by atoms with Gasteiger partial charge in [0.15, 0.2) is 0 Å². The summed E-state index contributed by atoms with van der Waals surface area (Å²) < 4.78 is 19.1. The lowest BCUT2D eigenvalue weighted by Gasteiger charge is -2.10. The largest absolute Gasteiger partial charge is 0.491 e. The molecule has 1 rings (SSSR count). The van der Waals surface area contributed by atoms with Crippen molar-refractivity contribution in [2.45, 2.75) is 20.3 Å². The molecular formula is C11H15FINO. The second kappa shape index (κ2) is 5.53. The lowest BCUT2D eigenvalue weighted by Crippen LogP contribution is -2.04. The number of benzene rings is 1. The second-order valence-electron chi connectivity index (χ2n) is 3.84. The topological polar surface area (TPSA) is 35.2 Å². The minimum absolute atomic E-state index is 0.288. The van der Waals surface area contributed by atoms with Gasteiger partial charge in [-0.25, -0.2) is 4.39 Å². The Morgan fingerprint density at radius 3 is 2.73 bits per heavy atom. The van der Waals surface area contributed by atoms with Crippen LogP contribution in [-0.2, 0) is 0 Å². The van der Waals surface area contributed by atoms with Crippen LogP contribution in [0, 0.1) is 15.3 Å². The maximum Gasteiger partial charge on any atom is 0.145 e. The second-order valence-corrected chi connectivity index (χ2v) is 5.00. The lowest BCUT2D eigenvalue weighted by atomic mass is 10.1. The number of nitrogen functional groups attached to an aromatic ring is 1. The van der Waals surface area contributed by atoms with Crippen molar-refractivity contribution >= 4 is 28.3 Å². The summed E-state index contributed by atoms with van der Waals surface area (Å²) in [5.41, 5.74) is 6.20. The van der Waals surface area contributed by atoms with Crippen LogP contribution in [-0.4, -0.2) is 6.61 Å². The van der Waals surface area contributed by atoms with Crippen LogP contribution < -0.4 is 10.5 Å². The zero-order valence-corrected chi connectivity index (χ0v) is 11.0. The third kappa shape index (κ3) is 3.85. The highest BCUT2D eigenvalue weighted by atomic mass is 127. The zero-order valence-electron chi connectivity index (χ0n) is 8.89. The smallest absolute Gasteiger partial charge is 0.145 e. The summed E-state index contributed by atoms with van der Waals surface area (Å²) in [7, 11) is 0. The summed E-state index contributed by atoms with van der Waals surface area (Å²) in [6.07, 6.45) is 0.938. The van der Waals surface area contributed by atoms with E-state index in [9.17, 15) is 4.39 Å². The molecule has 0 aromatic heterocycles. The maximum absolute atomic E-state index is 13.2. The molecule has 0 amide bonds. The third-order valence-electron chi connectivity index (χ3n) is 2.01. The number of nitrogens with two attached hydrogens (primary N) is 1. The van der Waals surface area contributed by atoms with Crippen molar-refractivity contribution in [1.82, 2.24) is 0 Å². The van der Waals surface area contributed by atoms with E-state index in [-0.39, 0.29) is 5.82 Å². The van der Waals surface area contributed by atoms with Crippen LogP contribution in [0.1, 0.15) is 20.3 Å². The molecule has 0 bridgehead atoms. The third-order valence-corrected chi connectivity index (χ3v) is 2.83. The monoisotopic (exact) mass is 323 g/mol. The Bertz CT molecular complexity index is 342. The van der Waals surface area contributed by atoms with Gasteiger partial charge >= 0.3 is 0 Å². The lowest BCUT2D eigenvalue weighted by molar-refractivity contribution is 0.289. The molecule has 0 aliphatic carbocycles. The summed E-state index contributed by atoms with van der Waals surface area (Å²) in [5.74, 6) is 0.720. The Kier molecular flexibility index (Phi) is 4.63. The summed E-state index contributed by atoms with van der Waals surface area (Å²) in [6.45, 7) is 4.80. The fourth-order valence-electron chi connectivity index (χ4n) is 1.07. The van der Waals surface area contributed by atoms with Gasteiger partial charge in [0.05, 0.1) is 15.9 Å². The highest BCUT2D eigenvalue weighted by Gasteiger charge is 2.07. The highest BCUT2D eigenvalue weighted by molar-refractivity contribution is 14.1. The van der Waals surface area contributed by atoms with E-state index in [0.717, 1.165) is 6.42 Å². The van der Waals surface area contributed by atoms with E-state index in [0.29, 0.717) is 27.5 Å². The molecule has 4 heteroatoms. The van der Waals surface area contributed by atoms with Crippen LogP contribution in [0.25, 0.3) is 0 Å². The molecule has 1 aromatic carbocycles. The average molecular weight is 323 g/mol. The summed E-state index contributed by atoms with van der Waals surface area (Å²) >= 11 is 1.90. The molecule has 0 aliphatic heterocycles. The van der Waals surface area contributed by atoms with E-state index in [2.05, 4.69) is 13.8 Å². The van der Waals surface area contributed by atoms with Gasteiger partial charge in [-0.3, -0.25) is 0 Å². The van der Waals surface area contributed by atoms with Crippen molar-refractivity contribution < 1.29 is 9.13 Å². The van der Waals surface area contributed by atoms with Crippen LogP contribution in [0.15, 0.2) is 12.1 Å². The van der Waals surface area contributed by atoms with Crippen molar-refractivity contribution in [3.8, 4) is 5.75 Å². The Hall–Kier alpha value is -0.520. The van der Waals surface area contributed by atoms with Crippen LogP contribution >= 0.6 is 22.6 Å². The van der Waals surface area contributed by atoms with Gasteiger partial charge in [0.2, 0.25) is 0 Å². The molecule has 0 heterocycles. The first-order valence-electron chi connectivity index (χ1n) is 4.88. The highest BCUT2D eigenvalue weighted by Crippen LogP contribution is 2.26. The molecule has 1 aromatic rings. The molecule has 2 N–H and O–H groups in total. The maximum atomic E-state index is 13.2. The molecule has 0 unspecified atom stereocenters. The van der Waals surface area contributed by atoms with Gasteiger partial charge in [0.1, 0.15) is 11.6 Å². The Morgan fingerprint density at radius 1 is 1.47 bits per heavy atom. The molecule has 0 aliphatic rings. The van der Waals surface area contributed by atoms with Gasteiger partial charge in [0, 0.05) is 6.07 Å². The SMILES string of the molecule is CC(C)CCOc1cc(F)c(I)cc1N. The van der Waals surface area contributed by atoms with Crippen molar-refractivity contribution in [3.05, 3.63) is 21.5 Å². The van der Waals surface area contributed by atoms with Crippen LogP contribution in [0.4, 0.5) is 10.1 Å². The summed E-state index contributed by atoms with van der Waals surface area (Å²) in [4.78, 5) is 0. The molecule has 0 atom stereocenters. The van der Waals surface area contributed by atoms with Gasteiger partial charge in [-0.15, -0.1) is 0 Å². The van der Waals surface area contributed by atoms with Gasteiger partial charge in [-0.2, -0.15) is 0 Å². The Labute approximate surface area is 103 Å². The first-order valence-corrected chi connectivity index (χ1v) is 5.96. The fraction of sp³-hybridized carbons (Fsp3) is 0.455. The number of anilines is 1. The van der Waals surface area contributed by atoms with Crippen LogP contribution in [0.5, 0.6) is 5.75 Å². The number of ether oxygens (including phenoxy) is 1. The summed E-state index contributed by atoms with van der Waals surface area (Å²) in [6, 6.07) is 2.93. The molecule has 0 fully saturated rings. The molecule has 15 heavy (non-hydrogen) atoms. The van der Waals surface area contributed by atoms with Crippen LogP contribution in [0.2, 0.25) is 0 Å². The Morgan fingerprint density at radius 2 is 2.13 bits per heavy atom.